The van der Waals surface area contributed by atoms with E-state index in [0.29, 0.717) is 22.9 Å². The summed E-state index contributed by atoms with van der Waals surface area (Å²) in [5.41, 5.74) is 0.970. The molecule has 2 aromatic carbocycles. The van der Waals surface area contributed by atoms with Crippen molar-refractivity contribution in [3.05, 3.63) is 69.2 Å². The van der Waals surface area contributed by atoms with Crippen molar-refractivity contribution in [3.63, 3.8) is 0 Å². The number of nitrogens with zero attached hydrogens (tertiary/aromatic N) is 3. The van der Waals surface area contributed by atoms with Crippen LogP contribution >= 0.6 is 15.9 Å². The number of hydrogen-bond acceptors (Lipinski definition) is 7. The Morgan fingerprint density at radius 2 is 2.04 bits per heavy atom. The van der Waals surface area contributed by atoms with Crippen LogP contribution in [0.5, 0.6) is 0 Å². The Hall–Kier alpha value is -2.92. The van der Waals surface area contributed by atoms with Gasteiger partial charge in [0.2, 0.25) is 5.89 Å². The highest BCUT2D eigenvalue weighted by Crippen LogP contribution is 2.23. The highest BCUT2D eigenvalue weighted by Gasteiger charge is 2.19. The van der Waals surface area contributed by atoms with E-state index in [4.69, 9.17) is 8.94 Å². The quantitative estimate of drug-likeness (QED) is 0.481. The maximum atomic E-state index is 12.7. The average molecular weight is 465 g/mol. The number of aryl methyl sites for hydroxylation is 1. The molecule has 0 saturated carbocycles. The maximum absolute atomic E-state index is 12.7. The van der Waals surface area contributed by atoms with Gasteiger partial charge in [-0.05, 0) is 30.3 Å². The monoisotopic (exact) mass is 464 g/mol. The SMILES string of the molecule is Cc1nc(Cn2c(=O)oc3cc(S(=O)(=O)Nc4cccc(Br)c4)ccc32)no1. The lowest BCUT2D eigenvalue weighted by Gasteiger charge is -2.08. The molecule has 0 amide bonds. The second-order valence-corrected chi connectivity index (χ2v) is 8.53. The van der Waals surface area contributed by atoms with Crippen LogP contribution in [0.4, 0.5) is 5.69 Å². The van der Waals surface area contributed by atoms with E-state index in [1.807, 2.05) is 0 Å². The highest BCUT2D eigenvalue weighted by atomic mass is 79.9. The molecule has 4 rings (SSSR count). The van der Waals surface area contributed by atoms with Gasteiger partial charge in [-0.2, -0.15) is 4.98 Å². The lowest BCUT2D eigenvalue weighted by atomic mass is 10.3. The topological polar surface area (TPSA) is 120 Å². The second kappa shape index (κ2) is 6.91. The first-order valence-electron chi connectivity index (χ1n) is 8.03. The number of benzene rings is 2. The van der Waals surface area contributed by atoms with Gasteiger partial charge in [-0.1, -0.05) is 27.2 Å². The Bertz CT molecular complexity index is 1340. The van der Waals surface area contributed by atoms with E-state index < -0.39 is 15.8 Å². The fourth-order valence-electron chi connectivity index (χ4n) is 2.68. The smallest absolute Gasteiger partial charge is 0.408 e. The molecular formula is C17H13BrN4O5S. The summed E-state index contributed by atoms with van der Waals surface area (Å²) in [5, 5.41) is 3.75. The molecule has 1 N–H and O–H groups in total. The molecule has 0 fully saturated rings. The third kappa shape index (κ3) is 3.58. The lowest BCUT2D eigenvalue weighted by Crippen LogP contribution is -2.15. The minimum atomic E-state index is -3.86. The molecule has 2 heterocycles. The van der Waals surface area contributed by atoms with Gasteiger partial charge >= 0.3 is 5.76 Å². The Morgan fingerprint density at radius 1 is 1.21 bits per heavy atom. The van der Waals surface area contributed by atoms with Crippen molar-refractivity contribution in [1.29, 1.82) is 0 Å². The van der Waals surface area contributed by atoms with Crippen molar-refractivity contribution >= 4 is 42.7 Å². The zero-order valence-corrected chi connectivity index (χ0v) is 16.8. The number of fused-ring (bicyclic) bond motifs is 1. The summed E-state index contributed by atoms with van der Waals surface area (Å²) < 4.78 is 39.9. The number of sulfonamides is 1. The summed E-state index contributed by atoms with van der Waals surface area (Å²) in [6, 6.07) is 11.0. The molecule has 0 unspecified atom stereocenters. The van der Waals surface area contributed by atoms with E-state index in [9.17, 15) is 13.2 Å². The Morgan fingerprint density at radius 3 is 2.75 bits per heavy atom. The van der Waals surface area contributed by atoms with Crippen LogP contribution in [0.25, 0.3) is 11.1 Å². The third-order valence-electron chi connectivity index (χ3n) is 3.90. The van der Waals surface area contributed by atoms with Crippen molar-refractivity contribution in [2.24, 2.45) is 0 Å². The van der Waals surface area contributed by atoms with E-state index in [2.05, 4.69) is 30.8 Å². The molecule has 9 nitrogen and oxygen atoms in total. The van der Waals surface area contributed by atoms with Crippen molar-refractivity contribution < 1.29 is 17.4 Å². The first-order chi connectivity index (χ1) is 13.3. The molecule has 0 aliphatic heterocycles. The van der Waals surface area contributed by atoms with Gasteiger partial charge in [-0.15, -0.1) is 0 Å². The Balaban J connectivity index is 1.69. The van der Waals surface area contributed by atoms with Crippen LogP contribution < -0.4 is 10.5 Å². The number of rotatable bonds is 5. The van der Waals surface area contributed by atoms with E-state index in [0.717, 1.165) is 4.47 Å². The van der Waals surface area contributed by atoms with Gasteiger partial charge in [-0.3, -0.25) is 9.29 Å². The van der Waals surface area contributed by atoms with E-state index in [-0.39, 0.29) is 17.0 Å². The standard InChI is InChI=1S/C17H13BrN4O5S/c1-10-19-16(20-27-10)9-22-14-6-5-13(8-15(14)26-17(22)23)28(24,25)21-12-4-2-3-11(18)7-12/h2-8,21H,9H2,1H3. The molecule has 11 heteroatoms. The summed E-state index contributed by atoms with van der Waals surface area (Å²) in [5.74, 6) is 0.0464. The lowest BCUT2D eigenvalue weighted by molar-refractivity contribution is 0.385. The zero-order chi connectivity index (χ0) is 19.9. The predicted molar refractivity (Wildman–Crippen MR) is 104 cm³/mol. The number of oxazole rings is 1. The molecule has 2 aromatic heterocycles. The molecule has 0 atom stereocenters. The number of aromatic nitrogens is 3. The van der Waals surface area contributed by atoms with Crippen LogP contribution in [0, 0.1) is 6.92 Å². The molecule has 0 saturated heterocycles. The fourth-order valence-corrected chi connectivity index (χ4v) is 4.14. The van der Waals surface area contributed by atoms with Crippen LogP contribution in [0.1, 0.15) is 11.7 Å². The average Bonchev–Trinajstić information content (AvgIpc) is 3.17. The van der Waals surface area contributed by atoms with Gasteiger partial charge in [-0.25, -0.2) is 13.2 Å². The van der Waals surface area contributed by atoms with Crippen molar-refractivity contribution in [1.82, 2.24) is 14.7 Å². The van der Waals surface area contributed by atoms with Crippen LogP contribution in [0.2, 0.25) is 0 Å². The Kier molecular flexibility index (Phi) is 4.55. The number of hydrogen-bond donors (Lipinski definition) is 1. The molecule has 0 spiro atoms. The zero-order valence-electron chi connectivity index (χ0n) is 14.4. The molecule has 144 valence electrons. The molecule has 0 aliphatic rings. The van der Waals surface area contributed by atoms with Crippen LogP contribution in [-0.4, -0.2) is 23.1 Å². The second-order valence-electron chi connectivity index (χ2n) is 5.93. The number of halogens is 1. The van der Waals surface area contributed by atoms with Crippen molar-refractivity contribution in [2.45, 2.75) is 18.4 Å². The molecule has 0 bridgehead atoms. The van der Waals surface area contributed by atoms with Crippen LogP contribution in [-0.2, 0) is 16.6 Å². The normalized spacial score (nSPS) is 11.8. The maximum Gasteiger partial charge on any atom is 0.420 e. The largest absolute Gasteiger partial charge is 0.420 e. The highest BCUT2D eigenvalue weighted by molar-refractivity contribution is 9.10. The molecule has 28 heavy (non-hydrogen) atoms. The van der Waals surface area contributed by atoms with Crippen LogP contribution in [0.15, 0.2) is 65.6 Å². The molecular weight excluding hydrogens is 452 g/mol. The van der Waals surface area contributed by atoms with E-state index in [1.165, 1.54) is 22.8 Å². The fraction of sp³-hybridized carbons (Fsp3) is 0.118. The first kappa shape index (κ1) is 18.4. The third-order valence-corrected chi connectivity index (χ3v) is 5.77. The van der Waals surface area contributed by atoms with Gasteiger partial charge in [0.05, 0.1) is 17.0 Å². The first-order valence-corrected chi connectivity index (χ1v) is 10.3. The van der Waals surface area contributed by atoms with Gasteiger partial charge < -0.3 is 8.94 Å². The van der Waals surface area contributed by atoms with Crippen LogP contribution in [0.3, 0.4) is 0 Å². The summed E-state index contributed by atoms with van der Waals surface area (Å²) in [6.07, 6.45) is 0. The summed E-state index contributed by atoms with van der Waals surface area (Å²) in [6.45, 7) is 1.69. The number of anilines is 1. The van der Waals surface area contributed by atoms with Crippen molar-refractivity contribution in [2.75, 3.05) is 4.72 Å². The number of nitrogens with one attached hydrogen (secondary N) is 1. The van der Waals surface area contributed by atoms with Gasteiger partial charge in [0, 0.05) is 23.2 Å². The summed E-state index contributed by atoms with van der Waals surface area (Å²) in [4.78, 5) is 16.2. The van der Waals surface area contributed by atoms with E-state index in [1.54, 1.807) is 31.2 Å². The van der Waals surface area contributed by atoms with Gasteiger partial charge in [0.25, 0.3) is 10.0 Å². The molecule has 4 aromatic rings. The van der Waals surface area contributed by atoms with Crippen molar-refractivity contribution in [3.8, 4) is 0 Å². The molecule has 0 radical (unpaired) electrons. The minimum Gasteiger partial charge on any atom is -0.408 e. The predicted octanol–water partition coefficient (Wildman–Crippen LogP) is 2.90. The molecule has 0 aliphatic carbocycles. The minimum absolute atomic E-state index is 0.0312. The summed E-state index contributed by atoms with van der Waals surface area (Å²) in [7, 11) is -3.86. The van der Waals surface area contributed by atoms with E-state index >= 15 is 0 Å². The van der Waals surface area contributed by atoms with Gasteiger partial charge in [0.15, 0.2) is 11.4 Å². The van der Waals surface area contributed by atoms with Gasteiger partial charge in [0.1, 0.15) is 0 Å². The summed E-state index contributed by atoms with van der Waals surface area (Å²) >= 11 is 3.29. The Labute approximate surface area is 167 Å².